The molecule has 1 aromatic heterocycles. The highest BCUT2D eigenvalue weighted by molar-refractivity contribution is 7.89. The number of likely N-dealkylation sites (N-methyl/N-ethyl adjacent to an activating group) is 1. The molecule has 38 heavy (non-hydrogen) atoms. The molecule has 0 aliphatic carbocycles. The van der Waals surface area contributed by atoms with Crippen molar-refractivity contribution in [3.05, 3.63) is 89.7 Å². The fourth-order valence-corrected chi connectivity index (χ4v) is 5.83. The SMILES string of the molecule is CN(CCc1ccccn1)C(=O)CNS(=O)(=O)CC1CC(C)(C)Oc2ccc(OCc3ccccc3)cc21. The first-order valence-electron chi connectivity index (χ1n) is 12.7. The number of hydrogen-bond acceptors (Lipinski definition) is 6. The van der Waals surface area contributed by atoms with Gasteiger partial charge in [-0.15, -0.1) is 0 Å². The molecule has 1 unspecified atom stereocenters. The number of carbonyl (C=O) groups excluding carboxylic acids is 1. The number of benzene rings is 2. The maximum atomic E-state index is 13.1. The van der Waals surface area contributed by atoms with E-state index in [9.17, 15) is 13.2 Å². The maximum Gasteiger partial charge on any atom is 0.237 e. The Morgan fingerprint density at radius 2 is 1.89 bits per heavy atom. The van der Waals surface area contributed by atoms with Crippen molar-refractivity contribution in [2.45, 2.75) is 44.8 Å². The van der Waals surface area contributed by atoms with Crippen molar-refractivity contribution in [3.8, 4) is 11.5 Å². The summed E-state index contributed by atoms with van der Waals surface area (Å²) in [6, 6.07) is 21.0. The van der Waals surface area contributed by atoms with Gasteiger partial charge in [0.25, 0.3) is 0 Å². The summed E-state index contributed by atoms with van der Waals surface area (Å²) < 4.78 is 40.7. The standard InChI is InChI=1S/C29H35N3O5S/c1-29(2)18-23(26-17-25(12-13-27(26)37-29)36-20-22-9-5-4-6-10-22)21-38(34,35)31-19-28(33)32(3)16-14-24-11-7-8-15-30-24/h4-13,15,17,23,31H,14,16,18-21H2,1-3H3. The molecule has 8 nitrogen and oxygen atoms in total. The largest absolute Gasteiger partial charge is 0.489 e. The maximum absolute atomic E-state index is 13.1. The number of nitrogens with one attached hydrogen (secondary N) is 1. The quantitative estimate of drug-likeness (QED) is 0.398. The topological polar surface area (TPSA) is 97.8 Å². The second kappa shape index (κ2) is 12.0. The number of fused-ring (bicyclic) bond motifs is 1. The Bertz CT molecular complexity index is 1330. The predicted octanol–water partition coefficient (Wildman–Crippen LogP) is 3.93. The van der Waals surface area contributed by atoms with Crippen LogP contribution in [0.4, 0.5) is 0 Å². The lowest BCUT2D eigenvalue weighted by Gasteiger charge is -2.37. The van der Waals surface area contributed by atoms with Gasteiger partial charge in [0.1, 0.15) is 23.7 Å². The molecule has 1 atom stereocenters. The van der Waals surface area contributed by atoms with E-state index in [2.05, 4.69) is 9.71 Å². The number of amides is 1. The van der Waals surface area contributed by atoms with Crippen LogP contribution in [-0.2, 0) is 27.8 Å². The van der Waals surface area contributed by atoms with Gasteiger partial charge < -0.3 is 14.4 Å². The van der Waals surface area contributed by atoms with E-state index in [1.807, 2.05) is 80.6 Å². The molecule has 2 aromatic carbocycles. The zero-order chi connectivity index (χ0) is 27.2. The molecule has 0 radical (unpaired) electrons. The van der Waals surface area contributed by atoms with Crippen LogP contribution in [0.3, 0.4) is 0 Å². The predicted molar refractivity (Wildman–Crippen MR) is 147 cm³/mol. The van der Waals surface area contributed by atoms with Crippen LogP contribution in [-0.4, -0.2) is 55.7 Å². The first kappa shape index (κ1) is 27.6. The van der Waals surface area contributed by atoms with Gasteiger partial charge in [-0.3, -0.25) is 9.78 Å². The first-order valence-corrected chi connectivity index (χ1v) is 14.4. The molecule has 0 fully saturated rings. The lowest BCUT2D eigenvalue weighted by Crippen LogP contribution is -2.42. The highest BCUT2D eigenvalue weighted by Gasteiger charge is 2.36. The van der Waals surface area contributed by atoms with Gasteiger partial charge in [-0.25, -0.2) is 13.1 Å². The smallest absolute Gasteiger partial charge is 0.237 e. The third-order valence-corrected chi connectivity index (χ3v) is 7.94. The van der Waals surface area contributed by atoms with E-state index in [1.165, 1.54) is 4.90 Å². The lowest BCUT2D eigenvalue weighted by atomic mass is 9.85. The zero-order valence-corrected chi connectivity index (χ0v) is 22.9. The third-order valence-electron chi connectivity index (χ3n) is 6.51. The molecule has 9 heteroatoms. The lowest BCUT2D eigenvalue weighted by molar-refractivity contribution is -0.128. The van der Waals surface area contributed by atoms with Crippen LogP contribution in [0.1, 0.15) is 43.0 Å². The summed E-state index contributed by atoms with van der Waals surface area (Å²) in [5.74, 6) is 0.534. The van der Waals surface area contributed by atoms with Gasteiger partial charge in [-0.05, 0) is 56.2 Å². The van der Waals surface area contributed by atoms with Crippen LogP contribution in [0.15, 0.2) is 72.9 Å². The van der Waals surface area contributed by atoms with Crippen molar-refractivity contribution in [1.29, 1.82) is 0 Å². The number of hydrogen-bond donors (Lipinski definition) is 1. The van der Waals surface area contributed by atoms with Crippen LogP contribution in [0.2, 0.25) is 0 Å². The van der Waals surface area contributed by atoms with Gasteiger partial charge in [0.2, 0.25) is 15.9 Å². The van der Waals surface area contributed by atoms with Crippen molar-refractivity contribution in [1.82, 2.24) is 14.6 Å². The van der Waals surface area contributed by atoms with Gasteiger partial charge in [0.15, 0.2) is 0 Å². The van der Waals surface area contributed by atoms with Gasteiger partial charge in [0, 0.05) is 43.4 Å². The normalized spacial score (nSPS) is 16.2. The van der Waals surface area contributed by atoms with Gasteiger partial charge in [-0.2, -0.15) is 0 Å². The van der Waals surface area contributed by atoms with Crippen molar-refractivity contribution in [2.24, 2.45) is 0 Å². The molecule has 1 aliphatic heterocycles. The van der Waals surface area contributed by atoms with Crippen molar-refractivity contribution in [2.75, 3.05) is 25.9 Å². The second-order valence-electron chi connectivity index (χ2n) is 10.2. The molecule has 0 saturated carbocycles. The van der Waals surface area contributed by atoms with E-state index in [1.54, 1.807) is 13.2 Å². The Kier molecular flexibility index (Phi) is 8.69. The van der Waals surface area contributed by atoms with Crippen molar-refractivity contribution < 1.29 is 22.7 Å². The number of pyridine rings is 1. The Balaban J connectivity index is 1.38. The fraction of sp³-hybridized carbons (Fsp3) is 0.379. The summed E-state index contributed by atoms with van der Waals surface area (Å²) in [5, 5.41) is 0. The van der Waals surface area contributed by atoms with Crippen LogP contribution in [0.5, 0.6) is 11.5 Å². The molecule has 2 heterocycles. The van der Waals surface area contributed by atoms with E-state index < -0.39 is 15.6 Å². The van der Waals surface area contributed by atoms with E-state index in [0.717, 1.165) is 16.8 Å². The van der Waals surface area contributed by atoms with Gasteiger partial charge in [0.05, 0.1) is 12.3 Å². The summed E-state index contributed by atoms with van der Waals surface area (Å²) in [6.07, 6.45) is 2.82. The van der Waals surface area contributed by atoms with Gasteiger partial charge in [-0.1, -0.05) is 36.4 Å². The molecule has 0 spiro atoms. The number of nitrogens with zero attached hydrogens (tertiary/aromatic N) is 2. The summed E-state index contributed by atoms with van der Waals surface area (Å²) >= 11 is 0. The zero-order valence-electron chi connectivity index (χ0n) is 22.1. The average Bonchev–Trinajstić information content (AvgIpc) is 2.90. The van der Waals surface area contributed by atoms with Gasteiger partial charge >= 0.3 is 0 Å². The van der Waals surface area contributed by atoms with E-state index in [-0.39, 0.29) is 24.1 Å². The number of sulfonamides is 1. The Morgan fingerprint density at radius 3 is 2.63 bits per heavy atom. The monoisotopic (exact) mass is 537 g/mol. The van der Waals surface area contributed by atoms with Crippen molar-refractivity contribution in [3.63, 3.8) is 0 Å². The summed E-state index contributed by atoms with van der Waals surface area (Å²) in [5.41, 5.74) is 2.18. The first-order chi connectivity index (χ1) is 18.1. The Hall–Kier alpha value is -3.43. The van der Waals surface area contributed by atoms with E-state index >= 15 is 0 Å². The average molecular weight is 538 g/mol. The minimum Gasteiger partial charge on any atom is -0.489 e. The summed E-state index contributed by atoms with van der Waals surface area (Å²) in [7, 11) is -2.08. The van der Waals surface area contributed by atoms with Crippen LogP contribution >= 0.6 is 0 Å². The molecular weight excluding hydrogens is 502 g/mol. The highest BCUT2D eigenvalue weighted by Crippen LogP contribution is 2.43. The molecule has 4 rings (SSSR count). The molecule has 1 amide bonds. The number of aromatic nitrogens is 1. The minimum atomic E-state index is -3.74. The minimum absolute atomic E-state index is 0.153. The molecular formula is C29H35N3O5S. The molecule has 1 aliphatic rings. The van der Waals surface area contributed by atoms with Crippen LogP contribution < -0.4 is 14.2 Å². The Labute approximate surface area is 225 Å². The Morgan fingerprint density at radius 1 is 1.13 bits per heavy atom. The molecule has 0 saturated heterocycles. The number of rotatable bonds is 11. The number of ether oxygens (including phenoxy) is 2. The number of carbonyl (C=O) groups is 1. The molecule has 202 valence electrons. The third kappa shape index (κ3) is 7.79. The second-order valence-corrected chi connectivity index (χ2v) is 12.1. The molecule has 0 bridgehead atoms. The van der Waals surface area contributed by atoms with Crippen molar-refractivity contribution >= 4 is 15.9 Å². The van der Waals surface area contributed by atoms with Crippen LogP contribution in [0, 0.1) is 0 Å². The molecule has 3 aromatic rings. The summed E-state index contributed by atoms with van der Waals surface area (Å²) in [4.78, 5) is 18.3. The summed E-state index contributed by atoms with van der Waals surface area (Å²) in [6.45, 7) is 4.46. The molecule has 1 N–H and O–H groups in total. The van der Waals surface area contributed by atoms with E-state index in [0.29, 0.717) is 37.5 Å². The highest BCUT2D eigenvalue weighted by atomic mass is 32.2. The van der Waals surface area contributed by atoms with Crippen LogP contribution in [0.25, 0.3) is 0 Å². The van der Waals surface area contributed by atoms with E-state index in [4.69, 9.17) is 9.47 Å². The fourth-order valence-electron chi connectivity index (χ4n) is 4.54.